The highest BCUT2D eigenvalue weighted by molar-refractivity contribution is 8.06. The second kappa shape index (κ2) is 9.36. The Morgan fingerprint density at radius 1 is 1.40 bits per heavy atom. The predicted octanol–water partition coefficient (Wildman–Crippen LogP) is 1.81. The van der Waals surface area contributed by atoms with Crippen molar-refractivity contribution in [2.75, 3.05) is 6.61 Å². The summed E-state index contributed by atoms with van der Waals surface area (Å²) in [4.78, 5) is 40.7. The van der Waals surface area contributed by atoms with Crippen molar-refractivity contribution in [2.45, 2.75) is 13.8 Å². The molecule has 0 spiro atoms. The van der Waals surface area contributed by atoms with E-state index in [1.165, 1.54) is 37.3 Å². The topological polar surface area (TPSA) is 105 Å². The van der Waals surface area contributed by atoms with E-state index < -0.39 is 6.72 Å². The fourth-order valence-electron chi connectivity index (χ4n) is 0.975. The number of nitrogens with zero attached hydrogens (tertiary/aromatic N) is 1. The first-order chi connectivity index (χ1) is 9.28. The van der Waals surface area contributed by atoms with Crippen LogP contribution in [0.2, 0.25) is 0 Å². The standard InChI is InChI=1S/C7H6NO4PS.C4H8O2/c9-5-8-6-1-3-7(4-2-6)12-13(10,11)14;1-3-6-4(2)5/h1-4H,(H2,10,11,14);3H2,1-2H3. The summed E-state index contributed by atoms with van der Waals surface area (Å²) in [5, 5.41) is 0. The van der Waals surface area contributed by atoms with Crippen molar-refractivity contribution in [3.05, 3.63) is 24.3 Å². The van der Waals surface area contributed by atoms with E-state index in [9.17, 15) is 9.59 Å². The van der Waals surface area contributed by atoms with Crippen LogP contribution in [0, 0.1) is 0 Å². The summed E-state index contributed by atoms with van der Waals surface area (Å²) >= 11 is 4.27. The van der Waals surface area contributed by atoms with Gasteiger partial charge in [-0.2, -0.15) is 4.99 Å². The lowest BCUT2D eigenvalue weighted by atomic mass is 10.3. The van der Waals surface area contributed by atoms with Crippen LogP contribution in [0.1, 0.15) is 13.8 Å². The molecule has 1 rings (SSSR count). The van der Waals surface area contributed by atoms with Gasteiger partial charge < -0.3 is 19.0 Å². The molecule has 0 aromatic heterocycles. The van der Waals surface area contributed by atoms with Crippen LogP contribution in [0.25, 0.3) is 0 Å². The van der Waals surface area contributed by atoms with E-state index in [-0.39, 0.29) is 11.7 Å². The van der Waals surface area contributed by atoms with Crippen LogP contribution in [0.4, 0.5) is 5.69 Å². The highest BCUT2D eigenvalue weighted by atomic mass is 32.5. The Morgan fingerprint density at radius 2 is 1.95 bits per heavy atom. The van der Waals surface area contributed by atoms with Gasteiger partial charge in [-0.3, -0.25) is 4.79 Å². The fourth-order valence-corrected chi connectivity index (χ4v) is 1.63. The maximum Gasteiger partial charge on any atom is 0.375 e. The third-order valence-corrected chi connectivity index (χ3v) is 2.26. The van der Waals surface area contributed by atoms with Crippen LogP contribution in [-0.4, -0.2) is 28.4 Å². The first-order valence-corrected chi connectivity index (χ1v) is 7.97. The van der Waals surface area contributed by atoms with E-state index in [4.69, 9.17) is 9.79 Å². The van der Waals surface area contributed by atoms with Crippen molar-refractivity contribution < 1.29 is 28.6 Å². The molecule has 1 aromatic carbocycles. The average Bonchev–Trinajstić information content (AvgIpc) is 2.31. The molecule has 0 bridgehead atoms. The Bertz CT molecular complexity index is 520. The minimum absolute atomic E-state index is 0.211. The van der Waals surface area contributed by atoms with Crippen LogP contribution in [0.15, 0.2) is 29.3 Å². The third-order valence-electron chi connectivity index (χ3n) is 1.58. The Balaban J connectivity index is 0.000000511. The highest BCUT2D eigenvalue weighted by Gasteiger charge is 2.09. The molecular formula is C11H14NO6PS. The highest BCUT2D eigenvalue weighted by Crippen LogP contribution is 2.38. The van der Waals surface area contributed by atoms with Gasteiger partial charge in [-0.1, -0.05) is 0 Å². The summed E-state index contributed by atoms with van der Waals surface area (Å²) in [5.41, 5.74) is 0.400. The zero-order chi connectivity index (χ0) is 15.6. The van der Waals surface area contributed by atoms with Gasteiger partial charge in [0.25, 0.3) is 0 Å². The van der Waals surface area contributed by atoms with E-state index in [2.05, 4.69) is 26.1 Å². The molecule has 20 heavy (non-hydrogen) atoms. The van der Waals surface area contributed by atoms with Crippen molar-refractivity contribution in [2.24, 2.45) is 4.99 Å². The quantitative estimate of drug-likeness (QED) is 0.377. The summed E-state index contributed by atoms with van der Waals surface area (Å²) in [5.74, 6) is 0.000632. The monoisotopic (exact) mass is 319 g/mol. The average molecular weight is 319 g/mol. The molecule has 0 heterocycles. The number of carbonyl (C=O) groups is 1. The first-order valence-electron chi connectivity index (χ1n) is 5.35. The lowest BCUT2D eigenvalue weighted by Crippen LogP contribution is -1.95. The van der Waals surface area contributed by atoms with Crippen LogP contribution in [-0.2, 0) is 26.1 Å². The molecule has 0 aliphatic carbocycles. The number of benzene rings is 1. The Kier molecular flexibility index (Phi) is 8.63. The fraction of sp³-hybridized carbons (Fsp3) is 0.273. The van der Waals surface area contributed by atoms with E-state index >= 15 is 0 Å². The molecule has 0 fully saturated rings. The molecule has 0 aliphatic heterocycles. The number of esters is 1. The Hall–Kier alpha value is -1.56. The van der Waals surface area contributed by atoms with E-state index in [0.29, 0.717) is 12.3 Å². The SMILES string of the molecule is CCOC(C)=O.O=C=Nc1ccc(OP(O)(O)=S)cc1. The molecule has 0 amide bonds. The number of carbonyl (C=O) groups excluding carboxylic acids is 2. The molecule has 7 nitrogen and oxygen atoms in total. The summed E-state index contributed by atoms with van der Waals surface area (Å²) in [7, 11) is 0. The van der Waals surface area contributed by atoms with Crippen molar-refractivity contribution in [3.63, 3.8) is 0 Å². The number of ether oxygens (including phenoxy) is 1. The molecule has 0 atom stereocenters. The van der Waals surface area contributed by atoms with Crippen molar-refractivity contribution in [1.29, 1.82) is 0 Å². The second-order valence-electron chi connectivity index (χ2n) is 3.20. The van der Waals surface area contributed by atoms with Gasteiger partial charge in [0, 0.05) is 18.7 Å². The number of aliphatic imine (C=N–C) groups is 1. The van der Waals surface area contributed by atoms with Crippen LogP contribution in [0.3, 0.4) is 0 Å². The molecular weight excluding hydrogens is 305 g/mol. The molecule has 110 valence electrons. The number of hydrogen-bond acceptors (Lipinski definition) is 6. The maximum absolute atomic E-state index is 9.87. The normalized spacial score (nSPS) is 9.60. The summed E-state index contributed by atoms with van der Waals surface area (Å²) in [6, 6.07) is 5.77. The third kappa shape index (κ3) is 10.4. The van der Waals surface area contributed by atoms with Crippen LogP contribution < -0.4 is 4.52 Å². The number of hydrogen-bond donors (Lipinski definition) is 2. The largest absolute Gasteiger partial charge is 0.466 e. The van der Waals surface area contributed by atoms with Crippen LogP contribution >= 0.6 is 6.72 Å². The number of isocyanates is 1. The minimum atomic E-state index is -3.69. The number of rotatable bonds is 4. The molecule has 0 radical (unpaired) electrons. The second-order valence-corrected chi connectivity index (χ2v) is 5.79. The maximum atomic E-state index is 9.87. The van der Waals surface area contributed by atoms with Crippen molar-refractivity contribution in [1.82, 2.24) is 0 Å². The lowest BCUT2D eigenvalue weighted by molar-refractivity contribution is -0.140. The van der Waals surface area contributed by atoms with Gasteiger partial charge in [0.2, 0.25) is 6.08 Å². The zero-order valence-electron chi connectivity index (χ0n) is 10.8. The minimum Gasteiger partial charge on any atom is -0.466 e. The molecule has 2 N–H and O–H groups in total. The van der Waals surface area contributed by atoms with Gasteiger partial charge in [-0.05, 0) is 31.2 Å². The van der Waals surface area contributed by atoms with Gasteiger partial charge in [0.15, 0.2) is 0 Å². The summed E-state index contributed by atoms with van der Waals surface area (Å²) in [6.07, 6.45) is 1.37. The predicted molar refractivity (Wildman–Crippen MR) is 75.9 cm³/mol. The summed E-state index contributed by atoms with van der Waals surface area (Å²) < 4.78 is 9.03. The molecule has 0 aliphatic rings. The van der Waals surface area contributed by atoms with Gasteiger partial charge >= 0.3 is 12.7 Å². The Morgan fingerprint density at radius 3 is 2.25 bits per heavy atom. The lowest BCUT2D eigenvalue weighted by Gasteiger charge is -2.09. The van der Waals surface area contributed by atoms with Crippen molar-refractivity contribution >= 4 is 36.3 Å². The first kappa shape index (κ1) is 18.4. The molecule has 0 unspecified atom stereocenters. The smallest absolute Gasteiger partial charge is 0.375 e. The molecule has 0 saturated carbocycles. The van der Waals surface area contributed by atoms with Gasteiger partial charge in [-0.25, -0.2) is 4.79 Å². The van der Waals surface area contributed by atoms with Crippen molar-refractivity contribution in [3.8, 4) is 5.75 Å². The zero-order valence-corrected chi connectivity index (χ0v) is 12.6. The molecule has 9 heteroatoms. The van der Waals surface area contributed by atoms with Gasteiger partial charge in [-0.15, -0.1) is 0 Å². The molecule has 1 aromatic rings. The van der Waals surface area contributed by atoms with Gasteiger partial charge in [0.05, 0.1) is 12.3 Å². The van der Waals surface area contributed by atoms with Gasteiger partial charge in [0.1, 0.15) is 5.75 Å². The molecule has 0 saturated heterocycles. The van der Waals surface area contributed by atoms with E-state index in [1.54, 1.807) is 6.92 Å². The van der Waals surface area contributed by atoms with Crippen LogP contribution in [0.5, 0.6) is 5.75 Å². The summed E-state index contributed by atoms with van der Waals surface area (Å²) in [6.45, 7) is -0.0397. The van der Waals surface area contributed by atoms with E-state index in [1.807, 2.05) is 0 Å². The Labute approximate surface area is 121 Å². The van der Waals surface area contributed by atoms with E-state index in [0.717, 1.165) is 0 Å².